The molecule has 4 nitrogen and oxygen atoms in total. The van der Waals surface area contributed by atoms with Crippen LogP contribution in [-0.4, -0.2) is 30.7 Å². The molecular formula is C28H29FN2O2. The van der Waals surface area contributed by atoms with Crippen molar-refractivity contribution in [1.82, 2.24) is 4.90 Å². The minimum atomic E-state index is -0.406. The maximum Gasteiger partial charge on any atom is 0.131 e. The highest BCUT2D eigenvalue weighted by molar-refractivity contribution is 5.38. The van der Waals surface area contributed by atoms with Crippen LogP contribution in [0, 0.1) is 29.0 Å². The van der Waals surface area contributed by atoms with Crippen LogP contribution in [0.25, 0.3) is 0 Å². The van der Waals surface area contributed by atoms with Gasteiger partial charge in [0.05, 0.1) is 17.7 Å². The molecule has 2 aromatic rings. The van der Waals surface area contributed by atoms with Crippen LogP contribution in [0.2, 0.25) is 0 Å². The monoisotopic (exact) mass is 444 g/mol. The summed E-state index contributed by atoms with van der Waals surface area (Å²) in [6.07, 6.45) is 12.8. The summed E-state index contributed by atoms with van der Waals surface area (Å²) in [5.74, 6) is 1.44. The summed E-state index contributed by atoms with van der Waals surface area (Å²) in [7, 11) is 0. The topological polar surface area (TPSA) is 45.5 Å². The van der Waals surface area contributed by atoms with Gasteiger partial charge >= 0.3 is 0 Å². The molecule has 33 heavy (non-hydrogen) atoms. The van der Waals surface area contributed by atoms with Crippen molar-refractivity contribution >= 4 is 0 Å². The van der Waals surface area contributed by atoms with Gasteiger partial charge in [-0.1, -0.05) is 36.4 Å². The van der Waals surface area contributed by atoms with Crippen LogP contribution in [0.1, 0.15) is 35.1 Å². The van der Waals surface area contributed by atoms with Crippen LogP contribution >= 0.6 is 0 Å². The highest BCUT2D eigenvalue weighted by Crippen LogP contribution is 2.31. The number of benzene rings is 2. The summed E-state index contributed by atoms with van der Waals surface area (Å²) in [6.45, 7) is 4.10. The highest BCUT2D eigenvalue weighted by atomic mass is 19.1. The molecule has 0 radical (unpaired) electrons. The largest absolute Gasteiger partial charge is 0.489 e. The molecule has 2 aromatic carbocycles. The van der Waals surface area contributed by atoms with Gasteiger partial charge < -0.3 is 9.47 Å². The van der Waals surface area contributed by atoms with Gasteiger partial charge in [0.1, 0.15) is 18.2 Å². The van der Waals surface area contributed by atoms with Crippen molar-refractivity contribution < 1.29 is 13.9 Å². The summed E-state index contributed by atoms with van der Waals surface area (Å²) in [5.41, 5.74) is 3.42. The molecule has 0 N–H and O–H groups in total. The van der Waals surface area contributed by atoms with Gasteiger partial charge in [-0.05, 0) is 66.5 Å². The highest BCUT2D eigenvalue weighted by Gasteiger charge is 2.28. The first-order valence-corrected chi connectivity index (χ1v) is 11.8. The number of hydrogen-bond donors (Lipinski definition) is 0. The number of fused-ring (bicyclic) bond motifs is 1. The van der Waals surface area contributed by atoms with Gasteiger partial charge in [-0.2, -0.15) is 5.26 Å². The molecule has 170 valence electrons. The third-order valence-corrected chi connectivity index (χ3v) is 7.02. The van der Waals surface area contributed by atoms with E-state index in [4.69, 9.17) is 14.7 Å². The summed E-state index contributed by atoms with van der Waals surface area (Å²) in [4.78, 5) is 2.55. The molecule has 3 atom stereocenters. The Kier molecular flexibility index (Phi) is 6.57. The Hall–Kier alpha value is -2.94. The van der Waals surface area contributed by atoms with E-state index in [1.807, 2.05) is 12.1 Å². The number of nitriles is 1. The van der Waals surface area contributed by atoms with Crippen molar-refractivity contribution in [2.75, 3.05) is 19.7 Å². The van der Waals surface area contributed by atoms with Crippen molar-refractivity contribution in [3.05, 3.63) is 88.8 Å². The van der Waals surface area contributed by atoms with E-state index in [1.54, 1.807) is 12.1 Å². The van der Waals surface area contributed by atoms with Gasteiger partial charge in [0, 0.05) is 31.8 Å². The van der Waals surface area contributed by atoms with Gasteiger partial charge in [-0.25, -0.2) is 4.39 Å². The van der Waals surface area contributed by atoms with E-state index >= 15 is 0 Å². The predicted molar refractivity (Wildman–Crippen MR) is 125 cm³/mol. The number of ether oxygens (including phenoxy) is 2. The molecule has 0 aromatic heterocycles. The van der Waals surface area contributed by atoms with Crippen LogP contribution in [-0.2, 0) is 24.3 Å². The average Bonchev–Trinajstić information content (AvgIpc) is 2.81. The first-order chi connectivity index (χ1) is 16.2. The van der Waals surface area contributed by atoms with Crippen LogP contribution in [0.15, 0.2) is 60.7 Å². The summed E-state index contributed by atoms with van der Waals surface area (Å²) in [5, 5.41) is 8.88. The Bertz CT molecular complexity index is 1100. The molecule has 1 saturated heterocycles. The van der Waals surface area contributed by atoms with E-state index in [1.165, 1.54) is 23.6 Å². The fraction of sp³-hybridized carbons (Fsp3) is 0.393. The Morgan fingerprint density at radius 2 is 1.94 bits per heavy atom. The van der Waals surface area contributed by atoms with E-state index in [0.717, 1.165) is 44.8 Å². The molecular weight excluding hydrogens is 415 g/mol. The second kappa shape index (κ2) is 9.91. The van der Waals surface area contributed by atoms with Crippen molar-refractivity contribution in [2.45, 2.75) is 38.5 Å². The number of allylic oxidation sites excluding steroid dienone is 3. The summed E-state index contributed by atoms with van der Waals surface area (Å²) < 4.78 is 25.7. The van der Waals surface area contributed by atoms with E-state index in [2.05, 4.69) is 41.3 Å². The summed E-state index contributed by atoms with van der Waals surface area (Å²) >= 11 is 0. The van der Waals surface area contributed by atoms with Crippen molar-refractivity contribution in [1.29, 1.82) is 5.26 Å². The molecule has 0 saturated carbocycles. The van der Waals surface area contributed by atoms with Crippen LogP contribution in [0.3, 0.4) is 0 Å². The van der Waals surface area contributed by atoms with Crippen LogP contribution < -0.4 is 4.74 Å². The molecule has 1 fully saturated rings. The van der Waals surface area contributed by atoms with E-state index in [0.29, 0.717) is 29.1 Å². The van der Waals surface area contributed by atoms with Crippen LogP contribution in [0.5, 0.6) is 5.75 Å². The maximum atomic E-state index is 14.1. The Morgan fingerprint density at radius 1 is 1.09 bits per heavy atom. The zero-order chi connectivity index (χ0) is 22.6. The quantitative estimate of drug-likeness (QED) is 0.591. The van der Waals surface area contributed by atoms with E-state index < -0.39 is 5.82 Å². The molecule has 0 bridgehead atoms. The third-order valence-electron chi connectivity index (χ3n) is 7.02. The lowest BCUT2D eigenvalue weighted by Gasteiger charge is -2.36. The second-order valence-corrected chi connectivity index (χ2v) is 9.24. The lowest BCUT2D eigenvalue weighted by Crippen LogP contribution is -2.38. The molecule has 0 amide bonds. The molecule has 0 spiro atoms. The minimum absolute atomic E-state index is 0.149. The fourth-order valence-corrected chi connectivity index (χ4v) is 4.95. The number of nitrogens with zero attached hydrogens (tertiary/aromatic N) is 2. The van der Waals surface area contributed by atoms with E-state index in [-0.39, 0.29) is 6.61 Å². The molecule has 2 aliphatic heterocycles. The van der Waals surface area contributed by atoms with Gasteiger partial charge in [-0.3, -0.25) is 4.90 Å². The fourth-order valence-electron chi connectivity index (χ4n) is 4.95. The second-order valence-electron chi connectivity index (χ2n) is 9.24. The standard InChI is InChI=1S/C28H29FN2O2/c29-28-13-20(16-30)5-6-25(28)19-33-26-8-7-24-18-31(11-9-22(24)15-26)17-23-4-2-1-3-21(23)14-27-10-12-32-27/h1-8,13,15,21,23,27H,9-12,14,17-19H2. The Labute approximate surface area is 194 Å². The van der Waals surface area contributed by atoms with Gasteiger partial charge in [0.2, 0.25) is 0 Å². The predicted octanol–water partition coefficient (Wildman–Crippen LogP) is 5.17. The van der Waals surface area contributed by atoms with Crippen molar-refractivity contribution in [2.24, 2.45) is 11.8 Å². The Balaban J connectivity index is 1.18. The van der Waals surface area contributed by atoms with Crippen molar-refractivity contribution in [3.8, 4) is 11.8 Å². The number of rotatable bonds is 7. The van der Waals surface area contributed by atoms with Gasteiger partial charge in [-0.15, -0.1) is 0 Å². The van der Waals surface area contributed by atoms with Crippen molar-refractivity contribution in [3.63, 3.8) is 0 Å². The molecule has 5 rings (SSSR count). The number of hydrogen-bond acceptors (Lipinski definition) is 4. The first kappa shape index (κ1) is 21.9. The first-order valence-electron chi connectivity index (χ1n) is 11.8. The molecule has 1 aliphatic carbocycles. The molecule has 5 heteroatoms. The third kappa shape index (κ3) is 5.19. The molecule has 2 heterocycles. The molecule has 3 unspecified atom stereocenters. The lowest BCUT2D eigenvalue weighted by atomic mass is 9.82. The maximum absolute atomic E-state index is 14.1. The SMILES string of the molecule is N#Cc1ccc(COc2ccc3c(c2)CCN(CC2C=CC=CC2CC2CCO2)C3)c(F)c1. The Morgan fingerprint density at radius 3 is 2.70 bits per heavy atom. The number of halogens is 1. The minimum Gasteiger partial charge on any atom is -0.489 e. The zero-order valence-electron chi connectivity index (χ0n) is 18.8. The average molecular weight is 445 g/mol. The van der Waals surface area contributed by atoms with Gasteiger partial charge in [0.25, 0.3) is 0 Å². The van der Waals surface area contributed by atoms with E-state index in [9.17, 15) is 4.39 Å². The summed E-state index contributed by atoms with van der Waals surface area (Å²) in [6, 6.07) is 12.6. The smallest absolute Gasteiger partial charge is 0.131 e. The molecule has 3 aliphatic rings. The van der Waals surface area contributed by atoms with Gasteiger partial charge in [0.15, 0.2) is 0 Å². The normalized spacial score (nSPS) is 24.1. The zero-order valence-corrected chi connectivity index (χ0v) is 18.8. The van der Waals surface area contributed by atoms with Crippen LogP contribution in [0.4, 0.5) is 4.39 Å². The lowest BCUT2D eigenvalue weighted by molar-refractivity contribution is -0.0628.